The molecule has 1 heterocycles. The molecule has 1 aromatic heterocycles. The van der Waals surface area contributed by atoms with Crippen molar-refractivity contribution < 1.29 is 0 Å². The van der Waals surface area contributed by atoms with Crippen LogP contribution in [0.2, 0.25) is 5.02 Å². The van der Waals surface area contributed by atoms with E-state index in [1.54, 1.807) is 23.1 Å². The number of nitrogens with zero attached hydrogens (tertiary/aromatic N) is 3. The van der Waals surface area contributed by atoms with Gasteiger partial charge in [0, 0.05) is 10.6 Å². The van der Waals surface area contributed by atoms with Crippen LogP contribution in [0.4, 0.5) is 0 Å². The third-order valence-electron chi connectivity index (χ3n) is 3.85. The lowest BCUT2D eigenvalue weighted by atomic mass is 10.1. The Morgan fingerprint density at radius 3 is 2.81 bits per heavy atom. The number of rotatable bonds is 3. The summed E-state index contributed by atoms with van der Waals surface area (Å²) in [7, 11) is 0. The lowest BCUT2D eigenvalue weighted by Crippen LogP contribution is -2.22. The monoisotopic (exact) mass is 423 g/mol. The Bertz CT molecular complexity index is 978. The van der Waals surface area contributed by atoms with E-state index in [-0.39, 0.29) is 23.6 Å². The fourth-order valence-electron chi connectivity index (χ4n) is 2.79. The number of para-hydroxylation sites is 1. The highest BCUT2D eigenvalue weighted by molar-refractivity contribution is 8.02. The molecule has 1 unspecified atom stereocenters. The summed E-state index contributed by atoms with van der Waals surface area (Å²) < 4.78 is 2.17. The third-order valence-corrected chi connectivity index (χ3v) is 6.42. The summed E-state index contributed by atoms with van der Waals surface area (Å²) in [6, 6.07) is 14.0. The number of hydrogen-bond acceptors (Lipinski definition) is 5. The molecule has 0 fully saturated rings. The van der Waals surface area contributed by atoms with Crippen molar-refractivity contribution in [3.63, 3.8) is 0 Å². The van der Waals surface area contributed by atoms with Gasteiger partial charge in [-0.3, -0.25) is 0 Å². The Balaban J connectivity index is 0.00000196. The molecule has 0 aliphatic heterocycles. The molecule has 0 radical (unpaired) electrons. The maximum atomic E-state index is 6.16. The van der Waals surface area contributed by atoms with Gasteiger partial charge in [-0.2, -0.15) is 5.10 Å². The molecule has 0 saturated carbocycles. The average molecular weight is 424 g/mol. The van der Waals surface area contributed by atoms with E-state index in [4.69, 9.17) is 28.1 Å². The highest BCUT2D eigenvalue weighted by Gasteiger charge is 2.31. The van der Waals surface area contributed by atoms with Crippen LogP contribution in [0, 0.1) is 0 Å². The molecule has 5 nitrogen and oxygen atoms in total. The summed E-state index contributed by atoms with van der Waals surface area (Å²) in [6.45, 7) is 0. The van der Waals surface area contributed by atoms with Gasteiger partial charge in [0.25, 0.3) is 0 Å². The topological polar surface area (TPSA) is 89.7 Å². The van der Waals surface area contributed by atoms with E-state index < -0.39 is 0 Å². The second-order valence-electron chi connectivity index (χ2n) is 5.57. The zero-order chi connectivity index (χ0) is 17.4. The lowest BCUT2D eigenvalue weighted by Gasteiger charge is -2.07. The number of guanidine groups is 1. The number of hydrogen-bond donors (Lipinski definition) is 2. The molecule has 1 aliphatic carbocycles. The number of thioether (sulfide) groups is 1. The Hall–Kier alpha value is -1.80. The fourth-order valence-corrected chi connectivity index (χ4v) is 5.41. The van der Waals surface area contributed by atoms with Crippen LogP contribution >= 0.6 is 47.1 Å². The maximum absolute atomic E-state index is 6.16. The van der Waals surface area contributed by atoms with E-state index in [1.165, 1.54) is 10.3 Å². The Morgan fingerprint density at radius 2 is 2.04 bits per heavy atom. The van der Waals surface area contributed by atoms with Crippen molar-refractivity contribution in [2.75, 3.05) is 0 Å². The summed E-state index contributed by atoms with van der Waals surface area (Å²) in [6.07, 6.45) is 0.839. The van der Waals surface area contributed by atoms with E-state index in [9.17, 15) is 0 Å². The molecule has 0 spiro atoms. The van der Waals surface area contributed by atoms with Crippen LogP contribution in [0.15, 0.2) is 57.0 Å². The van der Waals surface area contributed by atoms with Crippen molar-refractivity contribution in [3.05, 3.63) is 58.6 Å². The molecule has 2 aromatic carbocycles. The van der Waals surface area contributed by atoms with Crippen LogP contribution < -0.4 is 11.5 Å². The van der Waals surface area contributed by atoms with Gasteiger partial charge in [-0.15, -0.1) is 28.8 Å². The van der Waals surface area contributed by atoms with E-state index in [2.05, 4.69) is 16.3 Å². The zero-order valence-electron chi connectivity index (χ0n) is 13.4. The molecule has 0 saturated heterocycles. The molecule has 0 bridgehead atoms. The van der Waals surface area contributed by atoms with Gasteiger partial charge in [0.2, 0.25) is 5.96 Å². The first-order valence-corrected chi connectivity index (χ1v) is 9.65. The molecule has 26 heavy (non-hydrogen) atoms. The second kappa shape index (κ2) is 7.84. The van der Waals surface area contributed by atoms with Gasteiger partial charge >= 0.3 is 0 Å². The first kappa shape index (κ1) is 19.0. The van der Waals surface area contributed by atoms with Crippen molar-refractivity contribution in [1.82, 2.24) is 4.98 Å². The highest BCUT2D eigenvalue weighted by atomic mass is 35.5. The molecule has 9 heteroatoms. The van der Waals surface area contributed by atoms with Gasteiger partial charge in [0.05, 0.1) is 21.2 Å². The first-order chi connectivity index (χ1) is 12.1. The van der Waals surface area contributed by atoms with E-state index in [1.807, 2.05) is 36.4 Å². The van der Waals surface area contributed by atoms with Gasteiger partial charge in [0.1, 0.15) is 0 Å². The smallest absolute Gasteiger partial charge is 0.211 e. The molecular weight excluding hydrogens is 409 g/mol. The lowest BCUT2D eigenvalue weighted by molar-refractivity contribution is 1.09. The molecule has 4 N–H and O–H groups in total. The summed E-state index contributed by atoms with van der Waals surface area (Å²) in [4.78, 5) is 4.70. The van der Waals surface area contributed by atoms with E-state index >= 15 is 0 Å². The average Bonchev–Trinajstić information content (AvgIpc) is 3.13. The Morgan fingerprint density at radius 1 is 1.23 bits per heavy atom. The minimum absolute atomic E-state index is 0. The second-order valence-corrected chi connectivity index (χ2v) is 8.49. The summed E-state index contributed by atoms with van der Waals surface area (Å²) in [5.41, 5.74) is 14.9. The fraction of sp³-hybridized carbons (Fsp3) is 0.118. The molecule has 4 rings (SSSR count). The largest absolute Gasteiger partial charge is 0.369 e. The van der Waals surface area contributed by atoms with Crippen LogP contribution in [-0.2, 0) is 6.42 Å². The van der Waals surface area contributed by atoms with Gasteiger partial charge < -0.3 is 11.5 Å². The minimum Gasteiger partial charge on any atom is -0.369 e. The predicted molar refractivity (Wildman–Crippen MR) is 114 cm³/mol. The van der Waals surface area contributed by atoms with E-state index in [0.717, 1.165) is 27.6 Å². The van der Waals surface area contributed by atoms with Crippen LogP contribution in [0.25, 0.3) is 10.2 Å². The van der Waals surface area contributed by atoms with Gasteiger partial charge in [-0.1, -0.05) is 41.6 Å². The normalized spacial score (nSPS) is 17.1. The number of thiazole rings is 1. The van der Waals surface area contributed by atoms with Crippen LogP contribution in [0.3, 0.4) is 0 Å². The van der Waals surface area contributed by atoms with Crippen molar-refractivity contribution in [2.45, 2.75) is 16.0 Å². The third kappa shape index (κ3) is 3.81. The van der Waals surface area contributed by atoms with Crippen molar-refractivity contribution in [1.29, 1.82) is 0 Å². The minimum atomic E-state index is -0.0632. The predicted octanol–water partition coefficient (Wildman–Crippen LogP) is 4.07. The first-order valence-electron chi connectivity index (χ1n) is 7.57. The molecule has 1 aliphatic rings. The molecule has 0 amide bonds. The van der Waals surface area contributed by atoms with Gasteiger partial charge in [0.15, 0.2) is 4.34 Å². The van der Waals surface area contributed by atoms with Crippen LogP contribution in [0.1, 0.15) is 11.1 Å². The Kier molecular flexibility index (Phi) is 5.72. The standard InChI is InChI=1S/C17H14ClN5S2.ClH/c18-10-6-5-9-7-14(15(11(9)8-10)22-23-16(19)20)25-17-21-12-3-1-2-4-13(12)24-17;/h1-6,8,14H,7H2,(H4,19,20,23);1H/b22-15+;. The molecule has 1 atom stereocenters. The highest BCUT2D eigenvalue weighted by Crippen LogP contribution is 2.39. The number of nitrogens with two attached hydrogens (primary N) is 2. The molecule has 134 valence electrons. The van der Waals surface area contributed by atoms with Crippen molar-refractivity contribution in [2.24, 2.45) is 21.7 Å². The number of aromatic nitrogens is 1. The summed E-state index contributed by atoms with van der Waals surface area (Å²) >= 11 is 9.52. The van der Waals surface area contributed by atoms with Gasteiger partial charge in [-0.05, 0) is 36.2 Å². The summed E-state index contributed by atoms with van der Waals surface area (Å²) in [5, 5.41) is 8.91. The van der Waals surface area contributed by atoms with Gasteiger partial charge in [-0.25, -0.2) is 4.98 Å². The Labute approximate surface area is 170 Å². The molecule has 3 aromatic rings. The number of halogens is 2. The van der Waals surface area contributed by atoms with Crippen LogP contribution in [-0.4, -0.2) is 21.9 Å². The summed E-state index contributed by atoms with van der Waals surface area (Å²) in [5.74, 6) is -0.0632. The van der Waals surface area contributed by atoms with E-state index in [0.29, 0.717) is 5.02 Å². The van der Waals surface area contributed by atoms with Crippen molar-refractivity contribution >= 4 is 69.0 Å². The number of fused-ring (bicyclic) bond motifs is 2. The SMILES string of the molecule is Cl.NC(N)=N/N=C1\c2cc(Cl)ccc2CC1Sc1nc2ccccc2s1. The maximum Gasteiger partial charge on any atom is 0.211 e. The zero-order valence-corrected chi connectivity index (χ0v) is 16.6. The molecular formula is C17H15Cl2N5S2. The quantitative estimate of drug-likeness (QED) is 0.377. The van der Waals surface area contributed by atoms with Crippen molar-refractivity contribution in [3.8, 4) is 0 Å². The van der Waals surface area contributed by atoms with Crippen LogP contribution in [0.5, 0.6) is 0 Å². The number of benzene rings is 2.